The third-order valence-corrected chi connectivity index (χ3v) is 3.28. The smallest absolute Gasteiger partial charge is 0.262 e. The molecular weight excluding hydrogens is 315 g/mol. The van der Waals surface area contributed by atoms with Crippen molar-refractivity contribution in [1.82, 2.24) is 0 Å². The summed E-state index contributed by atoms with van der Waals surface area (Å²) in [7, 11) is -3.39. The zero-order valence-corrected chi connectivity index (χ0v) is 10.9. The van der Waals surface area contributed by atoms with Crippen molar-refractivity contribution >= 4 is 32.7 Å². The van der Waals surface area contributed by atoms with Gasteiger partial charge in [0.15, 0.2) is 0 Å². The lowest BCUT2D eigenvalue weighted by Gasteiger charge is -2.12. The second-order valence-corrected chi connectivity index (χ2v) is 5.73. The molecule has 1 atom stereocenters. The molecule has 1 aromatic carbocycles. The molecule has 0 saturated heterocycles. The van der Waals surface area contributed by atoms with Crippen LogP contribution in [0.4, 0.5) is 0 Å². The molecule has 0 aromatic heterocycles. The van der Waals surface area contributed by atoms with Gasteiger partial charge in [0.05, 0.1) is 6.26 Å². The summed E-state index contributed by atoms with van der Waals surface area (Å²) in [6, 6.07) is 7.54. The molecular formula is C9H11IO3S. The Bertz CT molecular complexity index is 414. The van der Waals surface area contributed by atoms with Crippen LogP contribution in [0.1, 0.15) is 18.6 Å². The molecule has 1 rings (SSSR count). The quantitative estimate of drug-likeness (QED) is 0.632. The molecule has 5 heteroatoms. The highest BCUT2D eigenvalue weighted by Gasteiger charge is 2.14. The van der Waals surface area contributed by atoms with E-state index in [4.69, 9.17) is 4.18 Å². The van der Waals surface area contributed by atoms with Gasteiger partial charge in [0.25, 0.3) is 10.1 Å². The third kappa shape index (κ3) is 3.55. The lowest BCUT2D eigenvalue weighted by Crippen LogP contribution is -2.08. The zero-order valence-electron chi connectivity index (χ0n) is 7.90. The van der Waals surface area contributed by atoms with Crippen molar-refractivity contribution < 1.29 is 12.6 Å². The van der Waals surface area contributed by atoms with Crippen molar-refractivity contribution in [1.29, 1.82) is 0 Å². The van der Waals surface area contributed by atoms with E-state index < -0.39 is 16.2 Å². The van der Waals surface area contributed by atoms with Crippen molar-refractivity contribution in [3.05, 3.63) is 33.4 Å². The van der Waals surface area contributed by atoms with Gasteiger partial charge in [-0.15, -0.1) is 0 Å². The van der Waals surface area contributed by atoms with Gasteiger partial charge in [0.2, 0.25) is 0 Å². The highest BCUT2D eigenvalue weighted by atomic mass is 127. The molecule has 0 fully saturated rings. The fraction of sp³-hybridized carbons (Fsp3) is 0.333. The number of rotatable bonds is 3. The first-order chi connectivity index (χ1) is 6.40. The Balaban J connectivity index is 2.90. The molecule has 1 aromatic rings. The van der Waals surface area contributed by atoms with Crippen LogP contribution in [0.2, 0.25) is 0 Å². The van der Waals surface area contributed by atoms with Gasteiger partial charge in [-0.3, -0.25) is 4.18 Å². The van der Waals surface area contributed by atoms with Crippen LogP contribution in [0, 0.1) is 3.57 Å². The number of hydrogen-bond donors (Lipinski definition) is 0. The topological polar surface area (TPSA) is 43.4 Å². The van der Waals surface area contributed by atoms with Crippen LogP contribution in [0.5, 0.6) is 0 Å². The molecule has 14 heavy (non-hydrogen) atoms. The highest BCUT2D eigenvalue weighted by molar-refractivity contribution is 14.1. The second-order valence-electron chi connectivity index (χ2n) is 2.96. The molecule has 0 heterocycles. The van der Waals surface area contributed by atoms with Crippen molar-refractivity contribution in [3.8, 4) is 0 Å². The lowest BCUT2D eigenvalue weighted by atomic mass is 10.1. The number of hydrogen-bond acceptors (Lipinski definition) is 3. The second kappa shape index (κ2) is 4.59. The normalized spacial score (nSPS) is 13.9. The maximum atomic E-state index is 10.9. The molecule has 0 amide bonds. The van der Waals surface area contributed by atoms with Crippen molar-refractivity contribution in [2.45, 2.75) is 13.0 Å². The van der Waals surface area contributed by atoms with Crippen LogP contribution in [0.25, 0.3) is 0 Å². The Morgan fingerprint density at radius 3 is 2.43 bits per heavy atom. The van der Waals surface area contributed by atoms with E-state index in [9.17, 15) is 8.42 Å². The molecule has 0 aliphatic heterocycles. The summed E-state index contributed by atoms with van der Waals surface area (Å²) in [5.41, 5.74) is 0.888. The fourth-order valence-electron chi connectivity index (χ4n) is 1.12. The Labute approximate surface area is 97.7 Å². The van der Waals surface area contributed by atoms with Crippen molar-refractivity contribution in [2.75, 3.05) is 6.26 Å². The predicted octanol–water partition coefficient (Wildman–Crippen LogP) is 2.33. The third-order valence-electron chi connectivity index (χ3n) is 1.66. The molecule has 0 unspecified atom stereocenters. The van der Waals surface area contributed by atoms with Gasteiger partial charge in [-0.1, -0.05) is 18.2 Å². The minimum Gasteiger partial charge on any atom is -0.262 e. The van der Waals surface area contributed by atoms with E-state index in [1.54, 1.807) is 6.92 Å². The van der Waals surface area contributed by atoms with Gasteiger partial charge in [-0.2, -0.15) is 8.42 Å². The van der Waals surface area contributed by atoms with Crippen LogP contribution in [0.3, 0.4) is 0 Å². The summed E-state index contributed by atoms with van der Waals surface area (Å²) in [4.78, 5) is 0. The first-order valence-electron chi connectivity index (χ1n) is 4.03. The first-order valence-corrected chi connectivity index (χ1v) is 6.92. The molecule has 78 valence electrons. The van der Waals surface area contributed by atoms with E-state index in [0.717, 1.165) is 15.4 Å². The van der Waals surface area contributed by atoms with E-state index >= 15 is 0 Å². The van der Waals surface area contributed by atoms with Gasteiger partial charge in [0, 0.05) is 3.57 Å². The van der Waals surface area contributed by atoms with Crippen molar-refractivity contribution in [3.63, 3.8) is 0 Å². The van der Waals surface area contributed by atoms with Crippen LogP contribution in [-0.4, -0.2) is 14.7 Å². The van der Waals surface area contributed by atoms with Crippen LogP contribution < -0.4 is 0 Å². The fourth-order valence-corrected chi connectivity index (χ4v) is 2.57. The van der Waals surface area contributed by atoms with E-state index in [0.29, 0.717) is 0 Å². The Hall–Kier alpha value is -0.140. The van der Waals surface area contributed by atoms with E-state index in [-0.39, 0.29) is 0 Å². The minimum atomic E-state index is -3.39. The predicted molar refractivity (Wildman–Crippen MR) is 63.5 cm³/mol. The molecule has 0 saturated carbocycles. The largest absolute Gasteiger partial charge is 0.264 e. The van der Waals surface area contributed by atoms with Gasteiger partial charge in [-0.25, -0.2) is 0 Å². The van der Waals surface area contributed by atoms with Crippen molar-refractivity contribution in [2.24, 2.45) is 0 Å². The molecule has 0 aliphatic rings. The molecule has 0 N–H and O–H groups in total. The van der Waals surface area contributed by atoms with Crippen LogP contribution in [0.15, 0.2) is 24.3 Å². The zero-order chi connectivity index (χ0) is 10.8. The molecule has 0 spiro atoms. The van der Waals surface area contributed by atoms with E-state index in [2.05, 4.69) is 22.6 Å². The summed E-state index contributed by atoms with van der Waals surface area (Å²) in [5.74, 6) is 0. The lowest BCUT2D eigenvalue weighted by molar-refractivity contribution is 0.236. The standard InChI is InChI=1S/C9H11IO3S/c1-7(13-14(2,11)12)8-5-3-4-6-9(8)10/h3-7H,1-2H3/t7-/m0/s1. The SMILES string of the molecule is C[C@H](OS(C)(=O)=O)c1ccccc1I. The molecule has 3 nitrogen and oxygen atoms in total. The van der Waals surface area contributed by atoms with Gasteiger partial charge in [0.1, 0.15) is 6.10 Å². The monoisotopic (exact) mass is 326 g/mol. The number of benzene rings is 1. The van der Waals surface area contributed by atoms with Crippen LogP contribution >= 0.6 is 22.6 Å². The average molecular weight is 326 g/mol. The van der Waals surface area contributed by atoms with Gasteiger partial charge >= 0.3 is 0 Å². The summed E-state index contributed by atoms with van der Waals surface area (Å²) in [5, 5.41) is 0. The first kappa shape index (κ1) is 11.9. The highest BCUT2D eigenvalue weighted by Crippen LogP contribution is 2.23. The van der Waals surface area contributed by atoms with E-state index in [1.165, 1.54) is 0 Å². The van der Waals surface area contributed by atoms with E-state index in [1.807, 2.05) is 24.3 Å². The Morgan fingerprint density at radius 1 is 1.36 bits per heavy atom. The Kier molecular flexibility index (Phi) is 3.91. The maximum Gasteiger partial charge on any atom is 0.264 e. The van der Waals surface area contributed by atoms with Crippen LogP contribution in [-0.2, 0) is 14.3 Å². The molecule has 0 aliphatic carbocycles. The van der Waals surface area contributed by atoms with Gasteiger partial charge < -0.3 is 0 Å². The minimum absolute atomic E-state index is 0.432. The summed E-state index contributed by atoms with van der Waals surface area (Å²) in [6.07, 6.45) is 0.623. The maximum absolute atomic E-state index is 10.9. The molecule has 0 radical (unpaired) electrons. The average Bonchev–Trinajstić information content (AvgIpc) is 2.01. The van der Waals surface area contributed by atoms with Gasteiger partial charge in [-0.05, 0) is 41.1 Å². The Morgan fingerprint density at radius 2 is 1.93 bits per heavy atom. The molecule has 0 bridgehead atoms. The number of halogens is 1. The summed E-state index contributed by atoms with van der Waals surface area (Å²) < 4.78 is 27.7. The summed E-state index contributed by atoms with van der Waals surface area (Å²) >= 11 is 2.15. The summed E-state index contributed by atoms with van der Waals surface area (Å²) in [6.45, 7) is 1.72.